The summed E-state index contributed by atoms with van der Waals surface area (Å²) in [4.78, 5) is 2.89. The van der Waals surface area contributed by atoms with Gasteiger partial charge in [-0.3, -0.25) is 0 Å². The minimum absolute atomic E-state index is 0. The van der Waals surface area contributed by atoms with Gasteiger partial charge in [-0.1, -0.05) is 7.43 Å². The molecule has 0 bridgehead atoms. The van der Waals surface area contributed by atoms with Gasteiger partial charge in [0, 0.05) is 26.0 Å². The molecule has 29 heavy (non-hydrogen) atoms. The lowest BCUT2D eigenvalue weighted by molar-refractivity contribution is -0.588. The summed E-state index contributed by atoms with van der Waals surface area (Å²) in [7, 11) is 7.13. The van der Waals surface area contributed by atoms with E-state index in [1.54, 1.807) is 37.4 Å². The van der Waals surface area contributed by atoms with E-state index in [1.807, 2.05) is 27.8 Å². The summed E-state index contributed by atoms with van der Waals surface area (Å²) < 4.78 is 3.31. The number of aromatic nitrogens is 8. The summed E-state index contributed by atoms with van der Waals surface area (Å²) in [6.07, 6.45) is 0.171. The van der Waals surface area contributed by atoms with E-state index in [9.17, 15) is 0 Å². The lowest BCUT2D eigenvalue weighted by atomic mass is 10.6. The third kappa shape index (κ3) is 10.5. The quantitative estimate of drug-likeness (QED) is 0.593. The van der Waals surface area contributed by atoms with Crippen molar-refractivity contribution >= 4 is 0 Å². The Kier molecular flexibility index (Phi) is 11.3. The Bertz CT molecular complexity index is 810. The number of tetrazole rings is 2. The molecule has 0 aliphatic carbocycles. The third-order valence-electron chi connectivity index (χ3n) is 3.06. The van der Waals surface area contributed by atoms with Crippen LogP contribution in [0, 0.1) is 13.8 Å². The summed E-state index contributed by atoms with van der Waals surface area (Å²) in [6.45, 7) is 7.46. The number of azo groups is 1. The molecule has 160 valence electrons. The minimum atomic E-state index is 0. The molecule has 2 aliphatic heterocycles. The molecule has 0 N–H and O–H groups in total. The molecular weight excluding hydrogens is 380 g/mol. The van der Waals surface area contributed by atoms with Crippen molar-refractivity contribution in [1.82, 2.24) is 40.4 Å². The fourth-order valence-electron chi connectivity index (χ4n) is 1.40. The van der Waals surface area contributed by atoms with E-state index in [1.165, 1.54) is 9.60 Å². The number of rotatable bonds is 0. The molecule has 0 radical (unpaired) electrons. The third-order valence-corrected chi connectivity index (χ3v) is 3.06. The van der Waals surface area contributed by atoms with Crippen LogP contribution in [0.1, 0.15) is 32.9 Å². The maximum Gasteiger partial charge on any atom is 0.292 e. The van der Waals surface area contributed by atoms with Crippen molar-refractivity contribution in [3.05, 3.63) is 11.6 Å². The normalized spacial score (nSPS) is 18.2. The Balaban J connectivity index is 0.000000356. The van der Waals surface area contributed by atoms with E-state index in [4.69, 9.17) is 0 Å². The van der Waals surface area contributed by atoms with Crippen LogP contribution in [0.5, 0.6) is 0 Å². The van der Waals surface area contributed by atoms with Crippen LogP contribution in [0.15, 0.2) is 31.0 Å². The molecule has 2 unspecified atom stereocenters. The van der Waals surface area contributed by atoms with E-state index < -0.39 is 0 Å². The highest BCUT2D eigenvalue weighted by atomic mass is 15.6. The Morgan fingerprint density at radius 1 is 0.966 bits per heavy atom. The van der Waals surface area contributed by atoms with E-state index in [0.29, 0.717) is 5.82 Å². The van der Waals surface area contributed by atoms with Gasteiger partial charge in [-0.2, -0.15) is 4.80 Å². The molecule has 0 saturated carbocycles. The number of nitrogens with zero attached hydrogens (tertiary/aromatic N) is 16. The van der Waals surface area contributed by atoms with Crippen LogP contribution in [0.25, 0.3) is 0 Å². The highest BCUT2D eigenvalue weighted by molar-refractivity contribution is 4.69. The predicted octanol–water partition coefficient (Wildman–Crippen LogP) is 1.29. The zero-order valence-corrected chi connectivity index (χ0v) is 17.3. The van der Waals surface area contributed by atoms with Crippen molar-refractivity contribution in [2.75, 3.05) is 14.1 Å². The average molecular weight is 410 g/mol. The number of aryl methyl sites for hydroxylation is 4. The smallest absolute Gasteiger partial charge is 0.233 e. The first-order valence-corrected chi connectivity index (χ1v) is 8.27. The lowest BCUT2D eigenvalue weighted by Crippen LogP contribution is -2.09. The fourth-order valence-corrected chi connectivity index (χ4v) is 1.40. The van der Waals surface area contributed by atoms with E-state index >= 15 is 0 Å². The van der Waals surface area contributed by atoms with Gasteiger partial charge < -0.3 is 0 Å². The van der Waals surface area contributed by atoms with Crippen LogP contribution in [-0.4, -0.2) is 76.3 Å². The van der Waals surface area contributed by atoms with Gasteiger partial charge in [-0.15, -0.1) is 20.0 Å². The van der Waals surface area contributed by atoms with Crippen LogP contribution in [0.4, 0.5) is 0 Å². The van der Waals surface area contributed by atoms with E-state index in [0.717, 1.165) is 5.82 Å². The van der Waals surface area contributed by atoms with Crippen LogP contribution >= 0.6 is 0 Å². The van der Waals surface area contributed by atoms with Crippen LogP contribution < -0.4 is 0 Å². The van der Waals surface area contributed by atoms with Gasteiger partial charge in [0.25, 0.3) is 6.17 Å². The van der Waals surface area contributed by atoms with Crippen LogP contribution in [-0.2, 0) is 14.1 Å². The lowest BCUT2D eigenvalue weighted by Gasteiger charge is -1.86. The number of hydrogen-bond donors (Lipinski definition) is 0. The second-order valence-electron chi connectivity index (χ2n) is 5.62. The van der Waals surface area contributed by atoms with E-state index in [2.05, 4.69) is 61.9 Å². The maximum absolute atomic E-state index is 3.89. The highest BCUT2D eigenvalue weighted by Gasteiger charge is 2.14. The molecule has 0 spiro atoms. The molecule has 0 fully saturated rings. The molecular formula is C13H30N16+2. The van der Waals surface area contributed by atoms with Gasteiger partial charge >= 0.3 is 0 Å². The van der Waals surface area contributed by atoms with Crippen LogP contribution in [0.3, 0.4) is 0 Å². The molecule has 16 heteroatoms. The van der Waals surface area contributed by atoms with Crippen molar-refractivity contribution in [1.29, 1.82) is 0 Å². The van der Waals surface area contributed by atoms with Crippen molar-refractivity contribution in [2.45, 2.75) is 47.5 Å². The highest BCUT2D eigenvalue weighted by Crippen LogP contribution is 2.00. The summed E-state index contributed by atoms with van der Waals surface area (Å²) in [6, 6.07) is 0. The molecule has 16 nitrogen and oxygen atoms in total. The van der Waals surface area contributed by atoms with Gasteiger partial charge in [0.1, 0.15) is 12.9 Å². The molecule has 0 aromatic carbocycles. The first kappa shape index (κ1) is 25.5. The summed E-state index contributed by atoms with van der Waals surface area (Å²) >= 11 is 0. The molecule has 0 saturated heterocycles. The minimum Gasteiger partial charge on any atom is -0.233 e. The van der Waals surface area contributed by atoms with Gasteiger partial charge in [-0.05, 0) is 39.4 Å². The second-order valence-corrected chi connectivity index (χ2v) is 5.62. The first-order chi connectivity index (χ1) is 13.2. The maximum atomic E-state index is 3.89. The molecule has 2 atom stereocenters. The van der Waals surface area contributed by atoms with Gasteiger partial charge in [-0.25, -0.2) is 4.68 Å². The topological polar surface area (TPSA) is 167 Å². The SMILES string of the molecule is C.CC1N=NN=[N+]1C.CC1N=N[N+](C)=N1.Cc1nnn(C)n1.Cc1nnnn1C. The van der Waals surface area contributed by atoms with Gasteiger partial charge in [0.05, 0.1) is 19.2 Å². The average Bonchev–Trinajstić information content (AvgIpc) is 3.39. The second kappa shape index (κ2) is 12.8. The molecule has 4 rings (SSSR count). The Morgan fingerprint density at radius 3 is 1.79 bits per heavy atom. The Morgan fingerprint density at radius 2 is 1.66 bits per heavy atom. The zero-order valence-electron chi connectivity index (χ0n) is 17.3. The zero-order chi connectivity index (χ0) is 21.1. The molecule has 2 aliphatic rings. The van der Waals surface area contributed by atoms with Crippen molar-refractivity contribution in [3.63, 3.8) is 0 Å². The Hall–Kier alpha value is -3.46. The van der Waals surface area contributed by atoms with Gasteiger partial charge in [0.2, 0.25) is 11.4 Å². The largest absolute Gasteiger partial charge is 0.292 e. The van der Waals surface area contributed by atoms with Crippen molar-refractivity contribution in [3.8, 4) is 0 Å². The van der Waals surface area contributed by atoms with Crippen molar-refractivity contribution in [2.24, 2.45) is 45.1 Å². The number of hydrogen-bond acceptors (Lipinski definition) is 12. The molecule has 2 aromatic heterocycles. The monoisotopic (exact) mass is 410 g/mol. The molecule has 0 amide bonds. The van der Waals surface area contributed by atoms with Crippen LogP contribution in [0.2, 0.25) is 0 Å². The van der Waals surface area contributed by atoms with Crippen molar-refractivity contribution < 1.29 is 9.50 Å². The van der Waals surface area contributed by atoms with Gasteiger partial charge in [0.15, 0.2) is 16.3 Å². The standard InChI is InChI=1S/C3H7N4.C3H6N4.C3H7N4.C3H6N4.CH4/c2*1-3-4-5-6-7(3)2;2*1-3-4-6-7(2)5-3;/h3H,1-2H3;1-2H3;3H,1-2H3;1-2H3;1H4/q+1;;+1;;. The first-order valence-electron chi connectivity index (χ1n) is 8.27. The summed E-state index contributed by atoms with van der Waals surface area (Å²) in [5.74, 6) is 1.54. The summed E-state index contributed by atoms with van der Waals surface area (Å²) in [5, 5.41) is 43.5. The molecule has 2 aromatic rings. The Labute approximate surface area is 169 Å². The summed E-state index contributed by atoms with van der Waals surface area (Å²) in [5.41, 5.74) is 0. The molecule has 4 heterocycles. The predicted molar refractivity (Wildman–Crippen MR) is 99.7 cm³/mol. The van der Waals surface area contributed by atoms with E-state index in [-0.39, 0.29) is 19.8 Å². The fraction of sp³-hybridized carbons (Fsp3) is 0.846.